The molecule has 0 aliphatic carbocycles. The first-order valence-corrected chi connectivity index (χ1v) is 8.32. The van der Waals surface area contributed by atoms with E-state index in [-0.39, 0.29) is 5.54 Å². The molecule has 0 saturated heterocycles. The molecule has 21 heavy (non-hydrogen) atoms. The molecule has 1 aromatic carbocycles. The quantitative estimate of drug-likeness (QED) is 0.902. The summed E-state index contributed by atoms with van der Waals surface area (Å²) in [4.78, 5) is 2.50. The van der Waals surface area contributed by atoms with Crippen molar-refractivity contribution in [1.29, 1.82) is 0 Å². The summed E-state index contributed by atoms with van der Waals surface area (Å²) >= 11 is 0. The third-order valence-corrected chi connectivity index (χ3v) is 4.86. The van der Waals surface area contributed by atoms with Crippen LogP contribution >= 0.6 is 0 Å². The first kappa shape index (κ1) is 16.3. The van der Waals surface area contributed by atoms with Crippen LogP contribution in [0.1, 0.15) is 57.6 Å². The molecule has 0 fully saturated rings. The Kier molecular flexibility index (Phi) is 5.28. The lowest BCUT2D eigenvalue weighted by atomic mass is 9.81. The van der Waals surface area contributed by atoms with E-state index < -0.39 is 0 Å². The van der Waals surface area contributed by atoms with Gasteiger partial charge in [0, 0.05) is 12.1 Å². The van der Waals surface area contributed by atoms with E-state index in [1.165, 1.54) is 11.1 Å². The number of benzene rings is 1. The van der Waals surface area contributed by atoms with E-state index in [1.54, 1.807) is 0 Å². The van der Waals surface area contributed by atoms with Gasteiger partial charge in [0.15, 0.2) is 0 Å². The molecule has 3 nitrogen and oxygen atoms in total. The number of hydrogen-bond acceptors (Lipinski definition) is 3. The molecular weight excluding hydrogens is 260 g/mol. The molecule has 0 spiro atoms. The molecule has 1 heterocycles. The fraction of sp³-hybridized carbons (Fsp3) is 0.667. The van der Waals surface area contributed by atoms with Gasteiger partial charge in [-0.25, -0.2) is 0 Å². The van der Waals surface area contributed by atoms with Crippen LogP contribution < -0.4 is 10.5 Å². The molecular formula is C18H30N2O. The van der Waals surface area contributed by atoms with Crippen LogP contribution in [0.3, 0.4) is 0 Å². The Labute approximate surface area is 129 Å². The van der Waals surface area contributed by atoms with Gasteiger partial charge >= 0.3 is 0 Å². The molecule has 0 bridgehead atoms. The van der Waals surface area contributed by atoms with Crippen molar-refractivity contribution in [2.75, 3.05) is 26.2 Å². The smallest absolute Gasteiger partial charge is 0.127 e. The Balaban J connectivity index is 2.63. The van der Waals surface area contributed by atoms with Crippen LogP contribution in [0.2, 0.25) is 0 Å². The average molecular weight is 290 g/mol. The van der Waals surface area contributed by atoms with Gasteiger partial charge in [0.25, 0.3) is 0 Å². The highest BCUT2D eigenvalue weighted by Gasteiger charge is 2.40. The molecule has 0 amide bonds. The van der Waals surface area contributed by atoms with Gasteiger partial charge in [0.1, 0.15) is 5.75 Å². The average Bonchev–Trinajstić information content (AvgIpc) is 2.68. The molecule has 0 aromatic heterocycles. The second-order valence-electron chi connectivity index (χ2n) is 6.24. The van der Waals surface area contributed by atoms with Crippen molar-refractivity contribution in [2.24, 2.45) is 5.73 Å². The Morgan fingerprint density at radius 3 is 2.57 bits per heavy atom. The summed E-state index contributed by atoms with van der Waals surface area (Å²) < 4.78 is 6.15. The van der Waals surface area contributed by atoms with Crippen molar-refractivity contribution in [1.82, 2.24) is 4.90 Å². The topological polar surface area (TPSA) is 38.5 Å². The Bertz CT molecular complexity index is 468. The number of likely N-dealkylation sites (N-methyl/N-ethyl adjacent to an activating group) is 1. The summed E-state index contributed by atoms with van der Waals surface area (Å²) in [7, 11) is 0. The van der Waals surface area contributed by atoms with Crippen molar-refractivity contribution in [3.63, 3.8) is 0 Å². The van der Waals surface area contributed by atoms with E-state index in [4.69, 9.17) is 10.5 Å². The van der Waals surface area contributed by atoms with Gasteiger partial charge in [-0.2, -0.15) is 0 Å². The monoisotopic (exact) mass is 290 g/mol. The highest BCUT2D eigenvalue weighted by molar-refractivity contribution is 5.48. The van der Waals surface area contributed by atoms with Gasteiger partial charge in [-0.05, 0) is 37.4 Å². The fourth-order valence-corrected chi connectivity index (χ4v) is 3.71. The number of rotatable bonds is 5. The Morgan fingerprint density at radius 1 is 1.29 bits per heavy atom. The Hall–Kier alpha value is -1.06. The molecule has 2 rings (SSSR count). The third-order valence-electron chi connectivity index (χ3n) is 4.86. The first-order valence-electron chi connectivity index (χ1n) is 8.32. The minimum absolute atomic E-state index is 0.0831. The number of nitrogens with two attached hydrogens (primary N) is 1. The SMILES string of the molecule is CCN(CC)C1(CN)CCCOc2c(C(C)C)cccc21. The zero-order chi connectivity index (χ0) is 15.5. The van der Waals surface area contributed by atoms with Crippen LogP contribution in [-0.4, -0.2) is 31.1 Å². The highest BCUT2D eigenvalue weighted by atomic mass is 16.5. The van der Waals surface area contributed by atoms with E-state index in [1.807, 2.05) is 0 Å². The summed E-state index contributed by atoms with van der Waals surface area (Å²) in [5.74, 6) is 1.55. The number of fused-ring (bicyclic) bond motifs is 1. The second-order valence-corrected chi connectivity index (χ2v) is 6.24. The molecule has 3 heteroatoms. The summed E-state index contributed by atoms with van der Waals surface area (Å²) in [5.41, 5.74) is 8.81. The number of para-hydroxylation sites is 1. The van der Waals surface area contributed by atoms with Crippen LogP contribution in [0.4, 0.5) is 0 Å². The van der Waals surface area contributed by atoms with Crippen LogP contribution in [0.5, 0.6) is 5.75 Å². The zero-order valence-corrected chi connectivity index (χ0v) is 14.0. The van der Waals surface area contributed by atoms with E-state index in [2.05, 4.69) is 50.8 Å². The Morgan fingerprint density at radius 2 is 2.00 bits per heavy atom. The largest absolute Gasteiger partial charge is 0.493 e. The van der Waals surface area contributed by atoms with Crippen LogP contribution in [0, 0.1) is 0 Å². The van der Waals surface area contributed by atoms with Crippen LogP contribution in [0.15, 0.2) is 18.2 Å². The summed E-state index contributed by atoms with van der Waals surface area (Å²) in [5, 5.41) is 0. The van der Waals surface area contributed by atoms with E-state index >= 15 is 0 Å². The third kappa shape index (κ3) is 2.82. The van der Waals surface area contributed by atoms with Gasteiger partial charge in [0.05, 0.1) is 12.1 Å². The molecule has 0 radical (unpaired) electrons. The lowest BCUT2D eigenvalue weighted by Gasteiger charge is -2.43. The minimum atomic E-state index is -0.0831. The minimum Gasteiger partial charge on any atom is -0.493 e. The van der Waals surface area contributed by atoms with E-state index in [9.17, 15) is 0 Å². The van der Waals surface area contributed by atoms with Gasteiger partial charge in [-0.15, -0.1) is 0 Å². The van der Waals surface area contributed by atoms with E-state index in [0.29, 0.717) is 12.5 Å². The maximum atomic E-state index is 6.30. The molecule has 2 N–H and O–H groups in total. The molecule has 1 aliphatic rings. The normalized spacial score (nSPS) is 22.0. The summed E-state index contributed by atoms with van der Waals surface area (Å²) in [6.45, 7) is 12.4. The van der Waals surface area contributed by atoms with Crippen molar-refractivity contribution in [3.8, 4) is 5.75 Å². The highest BCUT2D eigenvalue weighted by Crippen LogP contribution is 2.43. The molecule has 118 valence electrons. The zero-order valence-electron chi connectivity index (χ0n) is 14.0. The first-order chi connectivity index (χ1) is 10.1. The molecule has 1 aromatic rings. The predicted octanol–water partition coefficient (Wildman–Crippen LogP) is 3.48. The van der Waals surface area contributed by atoms with Gasteiger partial charge in [-0.1, -0.05) is 45.9 Å². The fourth-order valence-electron chi connectivity index (χ4n) is 3.71. The maximum Gasteiger partial charge on any atom is 0.127 e. The maximum absolute atomic E-state index is 6.30. The van der Waals surface area contributed by atoms with Crippen molar-refractivity contribution >= 4 is 0 Å². The van der Waals surface area contributed by atoms with Gasteiger partial charge in [0.2, 0.25) is 0 Å². The lowest BCUT2D eigenvalue weighted by molar-refractivity contribution is 0.0953. The number of hydrogen-bond donors (Lipinski definition) is 1. The van der Waals surface area contributed by atoms with Crippen molar-refractivity contribution in [3.05, 3.63) is 29.3 Å². The van der Waals surface area contributed by atoms with E-state index in [0.717, 1.165) is 38.3 Å². The predicted molar refractivity (Wildman–Crippen MR) is 88.9 cm³/mol. The lowest BCUT2D eigenvalue weighted by Crippen LogP contribution is -2.51. The van der Waals surface area contributed by atoms with Crippen molar-refractivity contribution in [2.45, 2.75) is 52.0 Å². The molecule has 1 aliphatic heterocycles. The summed E-state index contributed by atoms with van der Waals surface area (Å²) in [6.07, 6.45) is 2.12. The van der Waals surface area contributed by atoms with Crippen molar-refractivity contribution < 1.29 is 4.74 Å². The van der Waals surface area contributed by atoms with Crippen LogP contribution in [-0.2, 0) is 5.54 Å². The number of ether oxygens (including phenoxy) is 1. The van der Waals surface area contributed by atoms with Crippen LogP contribution in [0.25, 0.3) is 0 Å². The second kappa shape index (κ2) is 6.80. The summed E-state index contributed by atoms with van der Waals surface area (Å²) in [6, 6.07) is 6.58. The molecule has 0 saturated carbocycles. The standard InChI is InChI=1S/C18H30N2O/c1-5-20(6-2)18(13-19)11-8-12-21-17-15(14(3)4)9-7-10-16(17)18/h7,9-10,14H,5-6,8,11-13,19H2,1-4H3. The number of nitrogens with zero attached hydrogens (tertiary/aromatic N) is 1. The molecule has 1 atom stereocenters. The molecule has 1 unspecified atom stereocenters. The van der Waals surface area contributed by atoms with Gasteiger partial charge < -0.3 is 10.5 Å². The van der Waals surface area contributed by atoms with Gasteiger partial charge in [-0.3, -0.25) is 4.90 Å².